The Labute approximate surface area is 291 Å². The van der Waals surface area contributed by atoms with E-state index in [2.05, 4.69) is 195 Å². The fourth-order valence-corrected chi connectivity index (χ4v) is 8.70. The molecule has 0 aliphatic rings. The molecule has 0 radical (unpaired) electrons. The molecule has 0 aliphatic carbocycles. The number of benzene rings is 8. The molecule has 2 heteroatoms. The zero-order chi connectivity index (χ0) is 33.0. The summed E-state index contributed by atoms with van der Waals surface area (Å²) >= 11 is 1.90. The molecule has 0 atom stereocenters. The second-order valence-corrected chi connectivity index (χ2v) is 14.4. The highest BCUT2D eigenvalue weighted by atomic mass is 32.1. The van der Waals surface area contributed by atoms with Gasteiger partial charge in [0.25, 0.3) is 0 Å². The molecule has 0 unspecified atom stereocenters. The number of thiophene rings is 1. The molecule has 0 bridgehead atoms. The van der Waals surface area contributed by atoms with Crippen LogP contribution in [-0.4, -0.2) is 0 Å². The zero-order valence-electron chi connectivity index (χ0n) is 27.6. The van der Waals surface area contributed by atoms with E-state index in [4.69, 9.17) is 0 Å². The first-order valence-corrected chi connectivity index (χ1v) is 17.8. The molecule has 1 aromatic heterocycles. The fourth-order valence-electron chi connectivity index (χ4n) is 7.44. The van der Waals surface area contributed by atoms with E-state index in [-0.39, 0.29) is 5.41 Å². The first-order chi connectivity index (χ1) is 24.1. The van der Waals surface area contributed by atoms with Crippen LogP contribution < -0.4 is 4.90 Å². The summed E-state index contributed by atoms with van der Waals surface area (Å²) in [7, 11) is 0. The van der Waals surface area contributed by atoms with Gasteiger partial charge in [0.1, 0.15) is 0 Å². The highest BCUT2D eigenvalue weighted by molar-refractivity contribution is 7.26. The van der Waals surface area contributed by atoms with E-state index in [0.29, 0.717) is 0 Å². The molecule has 9 rings (SSSR count). The van der Waals surface area contributed by atoms with E-state index in [1.807, 2.05) is 11.3 Å². The van der Waals surface area contributed by atoms with E-state index in [0.717, 1.165) is 11.4 Å². The van der Waals surface area contributed by atoms with Crippen molar-refractivity contribution < 1.29 is 0 Å². The molecule has 0 amide bonds. The zero-order valence-corrected chi connectivity index (χ0v) is 28.4. The van der Waals surface area contributed by atoms with Crippen LogP contribution in [0.4, 0.5) is 17.1 Å². The van der Waals surface area contributed by atoms with Crippen LogP contribution in [0, 0.1) is 0 Å². The van der Waals surface area contributed by atoms with Crippen molar-refractivity contribution in [2.24, 2.45) is 0 Å². The van der Waals surface area contributed by atoms with Crippen LogP contribution in [0.25, 0.3) is 52.8 Å². The highest BCUT2D eigenvalue weighted by Crippen LogP contribution is 2.47. The number of hydrogen-bond acceptors (Lipinski definition) is 2. The number of rotatable bonds is 6. The molecule has 1 nitrogen and oxygen atoms in total. The Hall–Kier alpha value is -5.70. The number of nitrogens with zero attached hydrogens (tertiary/aromatic N) is 1. The molecule has 0 N–H and O–H groups in total. The highest BCUT2D eigenvalue weighted by Gasteiger charge is 2.24. The van der Waals surface area contributed by atoms with Gasteiger partial charge in [-0.2, -0.15) is 0 Å². The summed E-state index contributed by atoms with van der Waals surface area (Å²) in [5, 5.41) is 7.74. The Morgan fingerprint density at radius 3 is 1.73 bits per heavy atom. The van der Waals surface area contributed by atoms with Gasteiger partial charge in [-0.1, -0.05) is 153 Å². The van der Waals surface area contributed by atoms with Crippen molar-refractivity contribution in [1.82, 2.24) is 0 Å². The minimum absolute atomic E-state index is 0.121. The third kappa shape index (κ3) is 4.99. The molecule has 0 saturated heterocycles. The predicted molar refractivity (Wildman–Crippen MR) is 213 cm³/mol. The van der Waals surface area contributed by atoms with Crippen molar-refractivity contribution in [3.8, 4) is 11.1 Å². The van der Waals surface area contributed by atoms with Gasteiger partial charge < -0.3 is 4.90 Å². The van der Waals surface area contributed by atoms with Gasteiger partial charge in [0.15, 0.2) is 0 Å². The van der Waals surface area contributed by atoms with Crippen molar-refractivity contribution in [3.05, 3.63) is 187 Å². The van der Waals surface area contributed by atoms with Gasteiger partial charge >= 0.3 is 0 Å². The second-order valence-electron chi connectivity index (χ2n) is 13.4. The van der Waals surface area contributed by atoms with Crippen LogP contribution in [0.15, 0.2) is 176 Å². The van der Waals surface area contributed by atoms with Crippen LogP contribution in [0.1, 0.15) is 25.0 Å². The van der Waals surface area contributed by atoms with Crippen LogP contribution >= 0.6 is 11.3 Å². The Morgan fingerprint density at radius 2 is 1.00 bits per heavy atom. The maximum atomic E-state index is 2.45. The Balaban J connectivity index is 1.28. The molecule has 234 valence electrons. The third-order valence-electron chi connectivity index (χ3n) is 10.2. The van der Waals surface area contributed by atoms with E-state index in [1.54, 1.807) is 0 Å². The fraction of sp³-hybridized carbons (Fsp3) is 0.0638. The Bertz CT molecular complexity index is 2600. The lowest BCUT2D eigenvalue weighted by atomic mass is 9.78. The molecule has 0 spiro atoms. The van der Waals surface area contributed by atoms with Crippen molar-refractivity contribution in [2.75, 3.05) is 4.90 Å². The van der Waals surface area contributed by atoms with Gasteiger partial charge in [-0.15, -0.1) is 11.3 Å². The summed E-state index contributed by atoms with van der Waals surface area (Å²) in [6.45, 7) is 4.62. The standard InChI is InChI=1S/C47H35NS/c1-47(2,35-16-7-4-8-17-35)36-23-27-38(28-24-36)48(37-25-21-33(22-26-37)32-13-5-3-6-14-32)43-31-34-15-9-10-18-39(34)45-42(43)30-29-41-40-19-11-12-20-44(40)49-46(41)45/h3-31H,1-2H3. The first kappa shape index (κ1) is 29.4. The average Bonchev–Trinajstić information content (AvgIpc) is 3.55. The van der Waals surface area contributed by atoms with Crippen LogP contribution in [0.3, 0.4) is 0 Å². The Morgan fingerprint density at radius 1 is 0.449 bits per heavy atom. The first-order valence-electron chi connectivity index (χ1n) is 16.9. The summed E-state index contributed by atoms with van der Waals surface area (Å²) < 4.78 is 2.67. The summed E-state index contributed by atoms with van der Waals surface area (Å²) in [5.74, 6) is 0. The molecule has 0 aliphatic heterocycles. The maximum absolute atomic E-state index is 2.45. The predicted octanol–water partition coefficient (Wildman–Crippen LogP) is 13.8. The van der Waals surface area contributed by atoms with Crippen LogP contribution in [0.5, 0.6) is 0 Å². The lowest BCUT2D eigenvalue weighted by Crippen LogP contribution is -2.19. The molecule has 1 heterocycles. The van der Waals surface area contributed by atoms with Gasteiger partial charge in [-0.3, -0.25) is 0 Å². The molecular formula is C47H35NS. The second kappa shape index (κ2) is 11.8. The van der Waals surface area contributed by atoms with E-state index >= 15 is 0 Å². The van der Waals surface area contributed by atoms with Gasteiger partial charge in [-0.25, -0.2) is 0 Å². The van der Waals surface area contributed by atoms with Crippen molar-refractivity contribution in [3.63, 3.8) is 0 Å². The van der Waals surface area contributed by atoms with Gasteiger partial charge in [-0.05, 0) is 69.4 Å². The van der Waals surface area contributed by atoms with Crippen molar-refractivity contribution in [1.29, 1.82) is 0 Å². The molecular weight excluding hydrogens is 611 g/mol. The molecule has 8 aromatic carbocycles. The van der Waals surface area contributed by atoms with Gasteiger partial charge in [0.05, 0.1) is 5.69 Å². The molecule has 49 heavy (non-hydrogen) atoms. The van der Waals surface area contributed by atoms with E-state index in [1.165, 1.54) is 69.7 Å². The minimum Gasteiger partial charge on any atom is -0.310 e. The van der Waals surface area contributed by atoms with E-state index in [9.17, 15) is 0 Å². The molecule has 0 fully saturated rings. The van der Waals surface area contributed by atoms with Gasteiger partial charge in [0, 0.05) is 47.7 Å². The maximum Gasteiger partial charge on any atom is 0.0546 e. The quantitative estimate of drug-likeness (QED) is 0.163. The van der Waals surface area contributed by atoms with Crippen LogP contribution in [-0.2, 0) is 5.41 Å². The summed E-state index contributed by atoms with van der Waals surface area (Å²) in [6.07, 6.45) is 0. The number of hydrogen-bond donors (Lipinski definition) is 0. The Kier molecular flexibility index (Phi) is 7.07. The van der Waals surface area contributed by atoms with E-state index < -0.39 is 0 Å². The summed E-state index contributed by atoms with van der Waals surface area (Å²) in [4.78, 5) is 2.45. The van der Waals surface area contributed by atoms with Crippen molar-refractivity contribution >= 4 is 70.1 Å². The monoisotopic (exact) mass is 645 g/mol. The smallest absolute Gasteiger partial charge is 0.0546 e. The largest absolute Gasteiger partial charge is 0.310 e. The number of fused-ring (bicyclic) bond motifs is 7. The average molecular weight is 646 g/mol. The molecule has 9 aromatic rings. The normalized spacial score (nSPS) is 11.9. The lowest BCUT2D eigenvalue weighted by Gasteiger charge is -2.30. The third-order valence-corrected chi connectivity index (χ3v) is 11.4. The summed E-state index contributed by atoms with van der Waals surface area (Å²) in [5.41, 5.74) is 8.34. The molecule has 0 saturated carbocycles. The number of anilines is 3. The summed E-state index contributed by atoms with van der Waals surface area (Å²) in [6, 6.07) is 64.4. The minimum atomic E-state index is -0.121. The lowest BCUT2D eigenvalue weighted by molar-refractivity contribution is 0.641. The SMILES string of the molecule is CC(C)(c1ccccc1)c1ccc(N(c2ccc(-c3ccccc3)cc2)c2cc3ccccc3c3c2ccc2c4ccccc4sc23)cc1. The van der Waals surface area contributed by atoms with Gasteiger partial charge in [0.2, 0.25) is 0 Å². The van der Waals surface area contributed by atoms with Crippen LogP contribution in [0.2, 0.25) is 0 Å². The van der Waals surface area contributed by atoms with Crippen molar-refractivity contribution in [2.45, 2.75) is 19.3 Å². The topological polar surface area (TPSA) is 3.24 Å².